The SMILES string of the molecule is Cc1ccc(N(C)CC(O)c2cccc(F)c2F)cc1. The molecule has 0 amide bonds. The molecule has 0 heterocycles. The van der Waals surface area contributed by atoms with Gasteiger partial charge in [0, 0.05) is 24.8 Å². The van der Waals surface area contributed by atoms with Crippen molar-refractivity contribution in [3.8, 4) is 0 Å². The summed E-state index contributed by atoms with van der Waals surface area (Å²) in [6.07, 6.45) is -1.09. The van der Waals surface area contributed by atoms with E-state index in [0.717, 1.165) is 17.3 Å². The van der Waals surface area contributed by atoms with Gasteiger partial charge in [0.05, 0.1) is 6.10 Å². The lowest BCUT2D eigenvalue weighted by Crippen LogP contribution is -2.24. The van der Waals surface area contributed by atoms with Gasteiger partial charge in [-0.05, 0) is 25.1 Å². The van der Waals surface area contributed by atoms with Gasteiger partial charge in [-0.15, -0.1) is 0 Å². The molecule has 0 aromatic heterocycles. The summed E-state index contributed by atoms with van der Waals surface area (Å²) in [5, 5.41) is 10.1. The largest absolute Gasteiger partial charge is 0.386 e. The number of aliphatic hydroxyl groups excluding tert-OH is 1. The van der Waals surface area contributed by atoms with E-state index in [9.17, 15) is 13.9 Å². The molecule has 0 fully saturated rings. The van der Waals surface area contributed by atoms with E-state index < -0.39 is 17.7 Å². The predicted octanol–water partition coefficient (Wildman–Crippen LogP) is 3.44. The lowest BCUT2D eigenvalue weighted by atomic mass is 10.1. The van der Waals surface area contributed by atoms with E-state index in [1.54, 1.807) is 11.9 Å². The fraction of sp³-hybridized carbons (Fsp3) is 0.250. The minimum atomic E-state index is -1.09. The zero-order valence-electron chi connectivity index (χ0n) is 11.5. The summed E-state index contributed by atoms with van der Waals surface area (Å²) in [5.74, 6) is -1.93. The van der Waals surface area contributed by atoms with Gasteiger partial charge in [-0.1, -0.05) is 29.8 Å². The van der Waals surface area contributed by atoms with E-state index in [1.165, 1.54) is 12.1 Å². The average Bonchev–Trinajstić information content (AvgIpc) is 2.42. The van der Waals surface area contributed by atoms with Crippen LogP contribution in [0.1, 0.15) is 17.2 Å². The summed E-state index contributed by atoms with van der Waals surface area (Å²) in [5.41, 5.74) is 2.02. The van der Waals surface area contributed by atoms with Crippen LogP contribution in [0.2, 0.25) is 0 Å². The third-order valence-electron chi connectivity index (χ3n) is 3.26. The van der Waals surface area contributed by atoms with Gasteiger partial charge in [0.2, 0.25) is 0 Å². The molecule has 1 atom stereocenters. The number of benzene rings is 2. The van der Waals surface area contributed by atoms with Crippen molar-refractivity contribution < 1.29 is 13.9 Å². The molecule has 0 spiro atoms. The fourth-order valence-corrected chi connectivity index (χ4v) is 2.04. The highest BCUT2D eigenvalue weighted by Crippen LogP contribution is 2.22. The molecule has 0 aliphatic heterocycles. The number of rotatable bonds is 4. The summed E-state index contributed by atoms with van der Waals surface area (Å²) < 4.78 is 26.7. The first kappa shape index (κ1) is 14.5. The van der Waals surface area contributed by atoms with Crippen LogP contribution in [0, 0.1) is 18.6 Å². The van der Waals surface area contributed by atoms with Gasteiger partial charge in [0.15, 0.2) is 11.6 Å². The van der Waals surface area contributed by atoms with Crippen molar-refractivity contribution in [1.29, 1.82) is 0 Å². The first-order chi connectivity index (χ1) is 9.49. The molecule has 0 saturated heterocycles. The van der Waals surface area contributed by atoms with E-state index >= 15 is 0 Å². The van der Waals surface area contributed by atoms with Crippen LogP contribution in [0.25, 0.3) is 0 Å². The third-order valence-corrected chi connectivity index (χ3v) is 3.26. The van der Waals surface area contributed by atoms with Gasteiger partial charge < -0.3 is 10.0 Å². The van der Waals surface area contributed by atoms with Crippen molar-refractivity contribution in [2.24, 2.45) is 0 Å². The Kier molecular flexibility index (Phi) is 4.35. The highest BCUT2D eigenvalue weighted by atomic mass is 19.2. The van der Waals surface area contributed by atoms with Crippen LogP contribution in [-0.2, 0) is 0 Å². The predicted molar refractivity (Wildman–Crippen MR) is 75.8 cm³/mol. The molecule has 0 radical (unpaired) electrons. The minimum Gasteiger partial charge on any atom is -0.386 e. The number of halogens is 2. The maximum Gasteiger partial charge on any atom is 0.164 e. The van der Waals surface area contributed by atoms with E-state index in [1.807, 2.05) is 31.2 Å². The summed E-state index contributed by atoms with van der Waals surface area (Å²) in [6, 6.07) is 11.6. The van der Waals surface area contributed by atoms with Crippen LogP contribution in [0.3, 0.4) is 0 Å². The number of hydrogen-bond donors (Lipinski definition) is 1. The Bertz CT molecular complexity index is 584. The van der Waals surface area contributed by atoms with Gasteiger partial charge in [0.25, 0.3) is 0 Å². The molecule has 0 aliphatic rings. The second kappa shape index (κ2) is 6.01. The average molecular weight is 277 g/mol. The summed E-state index contributed by atoms with van der Waals surface area (Å²) in [7, 11) is 1.80. The highest BCUT2D eigenvalue weighted by Gasteiger charge is 2.17. The molecule has 106 valence electrons. The van der Waals surface area contributed by atoms with E-state index in [-0.39, 0.29) is 12.1 Å². The molecule has 2 nitrogen and oxygen atoms in total. The van der Waals surface area contributed by atoms with Crippen molar-refractivity contribution in [2.45, 2.75) is 13.0 Å². The molecule has 0 saturated carbocycles. The van der Waals surface area contributed by atoms with Crippen molar-refractivity contribution in [2.75, 3.05) is 18.5 Å². The van der Waals surface area contributed by atoms with Crippen LogP contribution >= 0.6 is 0 Å². The number of likely N-dealkylation sites (N-methyl/N-ethyl adjacent to an activating group) is 1. The normalized spacial score (nSPS) is 12.2. The standard InChI is InChI=1S/C16H17F2NO/c1-11-6-8-12(9-7-11)19(2)10-15(20)13-4-3-5-14(17)16(13)18/h3-9,15,20H,10H2,1-2H3. The second-order valence-electron chi connectivity index (χ2n) is 4.87. The Balaban J connectivity index is 2.13. The van der Waals surface area contributed by atoms with Crippen LogP contribution in [0.4, 0.5) is 14.5 Å². The minimum absolute atomic E-state index is 0.0241. The number of aliphatic hydroxyl groups is 1. The van der Waals surface area contributed by atoms with Gasteiger partial charge >= 0.3 is 0 Å². The number of aryl methyl sites for hydroxylation is 1. The van der Waals surface area contributed by atoms with Crippen molar-refractivity contribution >= 4 is 5.69 Å². The van der Waals surface area contributed by atoms with E-state index in [2.05, 4.69) is 0 Å². The van der Waals surface area contributed by atoms with Gasteiger partial charge in [-0.25, -0.2) is 8.78 Å². The molecule has 20 heavy (non-hydrogen) atoms. The maximum atomic E-state index is 13.6. The number of nitrogens with zero attached hydrogens (tertiary/aromatic N) is 1. The first-order valence-corrected chi connectivity index (χ1v) is 6.39. The van der Waals surface area contributed by atoms with Crippen LogP contribution in [0.15, 0.2) is 42.5 Å². The Labute approximate surface area is 117 Å². The summed E-state index contributed by atoms with van der Waals surface area (Å²) in [4.78, 5) is 1.80. The van der Waals surface area contributed by atoms with Crippen molar-refractivity contribution in [1.82, 2.24) is 0 Å². The molecule has 4 heteroatoms. The third kappa shape index (κ3) is 3.14. The van der Waals surface area contributed by atoms with Crippen LogP contribution in [0.5, 0.6) is 0 Å². The Hall–Kier alpha value is -1.94. The van der Waals surface area contributed by atoms with Gasteiger partial charge in [-0.2, -0.15) is 0 Å². The van der Waals surface area contributed by atoms with Crippen molar-refractivity contribution in [3.63, 3.8) is 0 Å². The topological polar surface area (TPSA) is 23.5 Å². The molecular weight excluding hydrogens is 260 g/mol. The lowest BCUT2D eigenvalue weighted by Gasteiger charge is -2.23. The van der Waals surface area contributed by atoms with E-state index in [0.29, 0.717) is 0 Å². The molecular formula is C16H17F2NO. The summed E-state index contributed by atoms with van der Waals surface area (Å²) >= 11 is 0. The zero-order chi connectivity index (χ0) is 14.7. The van der Waals surface area contributed by atoms with Crippen LogP contribution in [-0.4, -0.2) is 18.7 Å². The maximum absolute atomic E-state index is 13.6. The van der Waals surface area contributed by atoms with Gasteiger partial charge in [-0.3, -0.25) is 0 Å². The van der Waals surface area contributed by atoms with Gasteiger partial charge in [0.1, 0.15) is 0 Å². The summed E-state index contributed by atoms with van der Waals surface area (Å²) in [6.45, 7) is 2.17. The Morgan fingerprint density at radius 3 is 2.40 bits per heavy atom. The van der Waals surface area contributed by atoms with Crippen LogP contribution < -0.4 is 4.90 Å². The molecule has 0 aliphatic carbocycles. The quantitative estimate of drug-likeness (QED) is 0.925. The monoisotopic (exact) mass is 277 g/mol. The molecule has 2 rings (SSSR count). The first-order valence-electron chi connectivity index (χ1n) is 6.39. The van der Waals surface area contributed by atoms with Crippen molar-refractivity contribution in [3.05, 3.63) is 65.2 Å². The number of anilines is 1. The van der Waals surface area contributed by atoms with E-state index in [4.69, 9.17) is 0 Å². The molecule has 1 unspecified atom stereocenters. The Morgan fingerprint density at radius 2 is 1.75 bits per heavy atom. The number of hydrogen-bond acceptors (Lipinski definition) is 2. The fourth-order valence-electron chi connectivity index (χ4n) is 2.04. The lowest BCUT2D eigenvalue weighted by molar-refractivity contribution is 0.179. The molecule has 1 N–H and O–H groups in total. The Morgan fingerprint density at radius 1 is 1.10 bits per heavy atom. The molecule has 0 bridgehead atoms. The second-order valence-corrected chi connectivity index (χ2v) is 4.87. The zero-order valence-corrected chi connectivity index (χ0v) is 11.5. The molecule has 2 aromatic carbocycles. The molecule has 2 aromatic rings. The highest BCUT2D eigenvalue weighted by molar-refractivity contribution is 5.47. The smallest absolute Gasteiger partial charge is 0.164 e.